The summed E-state index contributed by atoms with van der Waals surface area (Å²) in [6.07, 6.45) is 4.93. The third-order valence-electron chi connectivity index (χ3n) is 4.09. The summed E-state index contributed by atoms with van der Waals surface area (Å²) in [5.74, 6) is -0.875. The van der Waals surface area contributed by atoms with Crippen LogP contribution in [0.5, 0.6) is 0 Å². The molecule has 0 aliphatic heterocycles. The number of hydrogen-bond acceptors (Lipinski definition) is 2. The van der Waals surface area contributed by atoms with Gasteiger partial charge in [-0.05, 0) is 54.6 Å². The quantitative estimate of drug-likeness (QED) is 0.534. The lowest BCUT2D eigenvalue weighted by molar-refractivity contribution is 0.102. The van der Waals surface area contributed by atoms with E-state index in [2.05, 4.69) is 10.4 Å². The van der Waals surface area contributed by atoms with E-state index in [-0.39, 0.29) is 22.1 Å². The van der Waals surface area contributed by atoms with Gasteiger partial charge in [-0.25, -0.2) is 13.5 Å². The maximum Gasteiger partial charge on any atom is 0.261 e. The van der Waals surface area contributed by atoms with Gasteiger partial charge in [0.05, 0.1) is 22.6 Å². The van der Waals surface area contributed by atoms with Crippen molar-refractivity contribution in [1.29, 1.82) is 0 Å². The zero-order valence-corrected chi connectivity index (χ0v) is 15.1. The fourth-order valence-corrected chi connectivity index (χ4v) is 2.99. The van der Waals surface area contributed by atoms with Gasteiger partial charge in [0.2, 0.25) is 0 Å². The molecule has 0 aliphatic rings. The van der Waals surface area contributed by atoms with Crippen molar-refractivity contribution < 1.29 is 13.6 Å². The predicted molar refractivity (Wildman–Crippen MR) is 102 cm³/mol. The van der Waals surface area contributed by atoms with Gasteiger partial charge in [-0.2, -0.15) is 5.10 Å². The van der Waals surface area contributed by atoms with Crippen LogP contribution >= 0.6 is 11.6 Å². The Morgan fingerprint density at radius 3 is 2.36 bits per heavy atom. The molecule has 1 amide bonds. The van der Waals surface area contributed by atoms with Crippen LogP contribution in [0.2, 0.25) is 5.02 Å². The molecule has 0 saturated carbocycles. The summed E-state index contributed by atoms with van der Waals surface area (Å²) >= 11 is 6.00. The zero-order valence-electron chi connectivity index (χ0n) is 14.3. The van der Waals surface area contributed by atoms with E-state index >= 15 is 0 Å². The molecule has 0 bridgehead atoms. The van der Waals surface area contributed by atoms with Crippen molar-refractivity contribution in [3.63, 3.8) is 0 Å². The molecule has 0 saturated heterocycles. The number of hydrogen-bond donors (Lipinski definition) is 1. The van der Waals surface area contributed by atoms with Gasteiger partial charge in [0.25, 0.3) is 5.91 Å². The first-order chi connectivity index (χ1) is 13.5. The maximum absolute atomic E-state index is 13.3. The largest absolute Gasteiger partial charge is 0.320 e. The van der Waals surface area contributed by atoms with Crippen molar-refractivity contribution in [3.05, 3.63) is 95.4 Å². The van der Waals surface area contributed by atoms with E-state index in [1.807, 2.05) is 0 Å². The first-order valence-corrected chi connectivity index (χ1v) is 8.64. The van der Waals surface area contributed by atoms with Crippen LogP contribution in [0, 0.1) is 11.6 Å². The van der Waals surface area contributed by atoms with Crippen LogP contribution in [0.3, 0.4) is 0 Å². The molecule has 4 aromatic rings. The molecule has 0 fully saturated rings. The maximum atomic E-state index is 13.3. The van der Waals surface area contributed by atoms with Crippen LogP contribution in [0.4, 0.5) is 14.5 Å². The van der Waals surface area contributed by atoms with E-state index in [1.165, 1.54) is 35.1 Å². The summed E-state index contributed by atoms with van der Waals surface area (Å²) in [7, 11) is 0. The average Bonchev–Trinajstić information content (AvgIpc) is 3.33. The van der Waals surface area contributed by atoms with Gasteiger partial charge < -0.3 is 9.88 Å². The topological polar surface area (TPSA) is 51.9 Å². The van der Waals surface area contributed by atoms with Crippen molar-refractivity contribution in [2.45, 2.75) is 0 Å². The van der Waals surface area contributed by atoms with E-state index in [9.17, 15) is 13.6 Å². The fraction of sp³-hybridized carbons (Fsp3) is 0. The minimum Gasteiger partial charge on any atom is -0.320 e. The molecule has 2 aromatic heterocycles. The lowest BCUT2D eigenvalue weighted by Gasteiger charge is -2.12. The highest BCUT2D eigenvalue weighted by Crippen LogP contribution is 2.25. The van der Waals surface area contributed by atoms with E-state index in [0.717, 1.165) is 6.07 Å². The summed E-state index contributed by atoms with van der Waals surface area (Å²) in [6.45, 7) is 0. The molecular formula is C20H13ClF2N4O. The van der Waals surface area contributed by atoms with Crippen molar-refractivity contribution in [2.24, 2.45) is 0 Å². The van der Waals surface area contributed by atoms with Gasteiger partial charge in [-0.3, -0.25) is 4.79 Å². The van der Waals surface area contributed by atoms with Crippen LogP contribution in [0.25, 0.3) is 11.5 Å². The van der Waals surface area contributed by atoms with Crippen LogP contribution in [0.15, 0.2) is 73.2 Å². The Labute approximate surface area is 163 Å². The number of rotatable bonds is 4. The summed E-state index contributed by atoms with van der Waals surface area (Å²) in [4.78, 5) is 12.9. The van der Waals surface area contributed by atoms with Crippen molar-refractivity contribution in [3.8, 4) is 11.5 Å². The molecule has 8 heteroatoms. The highest BCUT2D eigenvalue weighted by Gasteiger charge is 2.20. The normalized spacial score (nSPS) is 10.8. The van der Waals surface area contributed by atoms with Gasteiger partial charge in [-0.1, -0.05) is 11.6 Å². The number of nitrogens with one attached hydrogen (secondary N) is 1. The predicted octanol–water partition coefficient (Wildman–Crippen LogP) is 4.85. The SMILES string of the molecule is O=C(Nc1ccc(F)cc1Cl)c1cnn(-c2ccc(F)cc2)c1-n1cccc1. The summed E-state index contributed by atoms with van der Waals surface area (Å²) < 4.78 is 29.8. The molecule has 0 unspecified atom stereocenters. The zero-order chi connectivity index (χ0) is 19.7. The first kappa shape index (κ1) is 17.9. The molecular weight excluding hydrogens is 386 g/mol. The molecule has 28 heavy (non-hydrogen) atoms. The summed E-state index contributed by atoms with van der Waals surface area (Å²) in [5.41, 5.74) is 1.13. The van der Waals surface area contributed by atoms with Crippen LogP contribution in [-0.4, -0.2) is 20.3 Å². The van der Waals surface area contributed by atoms with Gasteiger partial charge in [0.1, 0.15) is 17.2 Å². The van der Waals surface area contributed by atoms with E-state index < -0.39 is 11.7 Å². The number of amides is 1. The molecule has 4 rings (SSSR count). The highest BCUT2D eigenvalue weighted by atomic mass is 35.5. The highest BCUT2D eigenvalue weighted by molar-refractivity contribution is 6.34. The second kappa shape index (κ2) is 7.28. The second-order valence-electron chi connectivity index (χ2n) is 5.94. The number of carbonyl (C=O) groups is 1. The fourth-order valence-electron chi connectivity index (χ4n) is 2.78. The molecule has 0 atom stereocenters. The standard InChI is InChI=1S/C20H13ClF2N4O/c21-17-11-14(23)5-8-18(17)25-19(28)16-12-24-27(15-6-3-13(22)4-7-15)20(16)26-9-1-2-10-26/h1-12H,(H,25,28). The minimum absolute atomic E-state index is 0.0850. The third kappa shape index (κ3) is 3.39. The Bertz CT molecular complexity index is 1140. The molecule has 0 spiro atoms. The van der Waals surface area contributed by atoms with Gasteiger partial charge >= 0.3 is 0 Å². The Balaban J connectivity index is 1.76. The Kier molecular flexibility index (Phi) is 4.67. The molecule has 2 heterocycles. The van der Waals surface area contributed by atoms with Gasteiger partial charge in [0, 0.05) is 12.4 Å². The summed E-state index contributed by atoms with van der Waals surface area (Å²) in [5, 5.41) is 7.04. The number of aromatic nitrogens is 3. The summed E-state index contributed by atoms with van der Waals surface area (Å²) in [6, 6.07) is 13.1. The van der Waals surface area contributed by atoms with Crippen molar-refractivity contribution in [1.82, 2.24) is 14.3 Å². The Morgan fingerprint density at radius 1 is 1.00 bits per heavy atom. The van der Waals surface area contributed by atoms with Crippen molar-refractivity contribution in [2.75, 3.05) is 5.32 Å². The monoisotopic (exact) mass is 398 g/mol. The van der Waals surface area contributed by atoms with Crippen molar-refractivity contribution >= 4 is 23.2 Å². The first-order valence-electron chi connectivity index (χ1n) is 8.26. The second-order valence-corrected chi connectivity index (χ2v) is 6.35. The number of benzene rings is 2. The van der Waals surface area contributed by atoms with Crippen LogP contribution in [-0.2, 0) is 0 Å². The van der Waals surface area contributed by atoms with Crippen LogP contribution in [0.1, 0.15) is 10.4 Å². The number of halogens is 3. The lowest BCUT2D eigenvalue weighted by Crippen LogP contribution is -2.15. The minimum atomic E-state index is -0.500. The number of anilines is 1. The molecule has 0 aliphatic carbocycles. The Morgan fingerprint density at radius 2 is 1.68 bits per heavy atom. The average molecular weight is 399 g/mol. The third-order valence-corrected chi connectivity index (χ3v) is 4.40. The number of carbonyl (C=O) groups excluding carboxylic acids is 1. The smallest absolute Gasteiger partial charge is 0.261 e. The van der Waals surface area contributed by atoms with Gasteiger partial charge in [-0.15, -0.1) is 0 Å². The van der Waals surface area contributed by atoms with E-state index in [1.54, 1.807) is 41.2 Å². The molecule has 5 nitrogen and oxygen atoms in total. The van der Waals surface area contributed by atoms with E-state index in [4.69, 9.17) is 11.6 Å². The molecule has 0 radical (unpaired) electrons. The van der Waals surface area contributed by atoms with E-state index in [0.29, 0.717) is 11.5 Å². The molecule has 1 N–H and O–H groups in total. The molecule has 140 valence electrons. The number of nitrogens with zero attached hydrogens (tertiary/aromatic N) is 3. The van der Waals surface area contributed by atoms with Gasteiger partial charge in [0.15, 0.2) is 5.82 Å². The lowest BCUT2D eigenvalue weighted by atomic mass is 10.2. The Hall–Kier alpha value is -3.45. The van der Waals surface area contributed by atoms with Crippen LogP contribution < -0.4 is 5.32 Å². The molecule has 2 aromatic carbocycles.